The van der Waals surface area contributed by atoms with Crippen molar-refractivity contribution in [3.63, 3.8) is 0 Å². The van der Waals surface area contributed by atoms with Crippen LogP contribution in [0.25, 0.3) is 11.3 Å². The lowest BCUT2D eigenvalue weighted by molar-refractivity contribution is 0.160. The second kappa shape index (κ2) is 8.14. The fourth-order valence-electron chi connectivity index (χ4n) is 2.76. The zero-order valence-corrected chi connectivity index (χ0v) is 16.1. The average molecular weight is 402 g/mol. The molecule has 2 aromatic carbocycles. The molecule has 0 fully saturated rings. The zero-order valence-electron chi connectivity index (χ0n) is 15.3. The Kier molecular flexibility index (Phi) is 5.83. The SMILES string of the molecule is [CH2]c1cc(-c2ccccc2F)n(S(=O)(=O)c2cccc(NCC(O)NC)c2)c1. The molecule has 0 saturated carbocycles. The normalized spacial score (nSPS) is 12.7. The molecule has 3 aromatic rings. The van der Waals surface area contributed by atoms with E-state index in [1.165, 1.54) is 36.5 Å². The first-order valence-corrected chi connectivity index (χ1v) is 10.0. The number of benzene rings is 2. The number of halogens is 1. The van der Waals surface area contributed by atoms with Gasteiger partial charge in [0.1, 0.15) is 12.0 Å². The molecule has 8 heteroatoms. The molecule has 6 nitrogen and oxygen atoms in total. The van der Waals surface area contributed by atoms with Gasteiger partial charge in [0.15, 0.2) is 0 Å². The molecular weight excluding hydrogens is 381 g/mol. The first-order valence-electron chi connectivity index (χ1n) is 8.57. The van der Waals surface area contributed by atoms with Crippen molar-refractivity contribution in [1.29, 1.82) is 0 Å². The van der Waals surface area contributed by atoms with Crippen molar-refractivity contribution in [2.24, 2.45) is 0 Å². The number of aromatic nitrogens is 1. The molecule has 1 radical (unpaired) electrons. The molecule has 1 aromatic heterocycles. The summed E-state index contributed by atoms with van der Waals surface area (Å²) in [5.74, 6) is -0.520. The highest BCUT2D eigenvalue weighted by Gasteiger charge is 2.23. The Hall–Kier alpha value is -2.68. The highest BCUT2D eigenvalue weighted by atomic mass is 32.2. The van der Waals surface area contributed by atoms with E-state index in [1.54, 1.807) is 31.3 Å². The molecule has 0 aliphatic heterocycles. The minimum atomic E-state index is -3.99. The number of anilines is 1. The van der Waals surface area contributed by atoms with E-state index in [1.807, 2.05) is 0 Å². The van der Waals surface area contributed by atoms with Gasteiger partial charge in [-0.3, -0.25) is 5.32 Å². The van der Waals surface area contributed by atoms with Crippen molar-refractivity contribution in [1.82, 2.24) is 9.29 Å². The van der Waals surface area contributed by atoms with E-state index in [9.17, 15) is 17.9 Å². The van der Waals surface area contributed by atoms with E-state index in [-0.39, 0.29) is 22.7 Å². The predicted molar refractivity (Wildman–Crippen MR) is 107 cm³/mol. The van der Waals surface area contributed by atoms with Gasteiger partial charge in [0.2, 0.25) is 0 Å². The summed E-state index contributed by atoms with van der Waals surface area (Å²) in [6.45, 7) is 3.99. The molecular formula is C20H21FN3O3S. The number of aliphatic hydroxyl groups is 1. The van der Waals surface area contributed by atoms with Gasteiger partial charge < -0.3 is 10.4 Å². The molecule has 28 heavy (non-hydrogen) atoms. The van der Waals surface area contributed by atoms with Crippen LogP contribution in [0.5, 0.6) is 0 Å². The van der Waals surface area contributed by atoms with Crippen LogP contribution in [0.1, 0.15) is 5.56 Å². The number of hydrogen-bond acceptors (Lipinski definition) is 5. The summed E-state index contributed by atoms with van der Waals surface area (Å²) >= 11 is 0. The Morgan fingerprint density at radius 1 is 1.18 bits per heavy atom. The molecule has 147 valence electrons. The minimum Gasteiger partial charge on any atom is -0.381 e. The smallest absolute Gasteiger partial charge is 0.268 e. The fraction of sp³-hybridized carbons (Fsp3) is 0.150. The highest BCUT2D eigenvalue weighted by Crippen LogP contribution is 2.29. The maximum atomic E-state index is 14.3. The second-order valence-corrected chi connectivity index (χ2v) is 8.04. The topological polar surface area (TPSA) is 83.4 Å². The summed E-state index contributed by atoms with van der Waals surface area (Å²) in [6, 6.07) is 13.7. The van der Waals surface area contributed by atoms with Crippen molar-refractivity contribution >= 4 is 15.7 Å². The number of nitrogens with one attached hydrogen (secondary N) is 2. The summed E-state index contributed by atoms with van der Waals surface area (Å²) in [4.78, 5) is 0.0321. The van der Waals surface area contributed by atoms with E-state index in [2.05, 4.69) is 17.6 Å². The van der Waals surface area contributed by atoms with Gasteiger partial charge in [-0.15, -0.1) is 0 Å². The summed E-state index contributed by atoms with van der Waals surface area (Å²) in [5.41, 5.74) is 1.36. The van der Waals surface area contributed by atoms with E-state index < -0.39 is 22.1 Å². The molecule has 0 amide bonds. The van der Waals surface area contributed by atoms with Crippen molar-refractivity contribution in [3.05, 3.63) is 79.1 Å². The Morgan fingerprint density at radius 2 is 1.93 bits per heavy atom. The summed E-state index contributed by atoms with van der Waals surface area (Å²) in [6.07, 6.45) is 0.591. The first kappa shape index (κ1) is 20.1. The number of hydrogen-bond donors (Lipinski definition) is 3. The monoisotopic (exact) mass is 402 g/mol. The van der Waals surface area contributed by atoms with Gasteiger partial charge in [-0.2, -0.15) is 0 Å². The largest absolute Gasteiger partial charge is 0.381 e. The van der Waals surface area contributed by atoms with Gasteiger partial charge in [0, 0.05) is 17.4 Å². The Balaban J connectivity index is 2.02. The van der Waals surface area contributed by atoms with Gasteiger partial charge in [0.05, 0.1) is 17.1 Å². The van der Waals surface area contributed by atoms with Crippen LogP contribution in [0.4, 0.5) is 10.1 Å². The van der Waals surface area contributed by atoms with Crippen LogP contribution in [-0.2, 0) is 10.0 Å². The number of aliphatic hydroxyl groups excluding tert-OH is 1. The van der Waals surface area contributed by atoms with Crippen molar-refractivity contribution in [3.8, 4) is 11.3 Å². The number of rotatable bonds is 7. The maximum Gasteiger partial charge on any atom is 0.268 e. The number of nitrogens with zero attached hydrogens (tertiary/aromatic N) is 1. The van der Waals surface area contributed by atoms with Crippen molar-refractivity contribution in [2.75, 3.05) is 18.9 Å². The minimum absolute atomic E-state index is 0.0321. The number of likely N-dealkylation sites (N-methyl/N-ethyl adjacent to an activating group) is 1. The van der Waals surface area contributed by atoms with Crippen LogP contribution < -0.4 is 10.6 Å². The van der Waals surface area contributed by atoms with Crippen LogP contribution >= 0.6 is 0 Å². The average Bonchev–Trinajstić information content (AvgIpc) is 3.09. The Morgan fingerprint density at radius 3 is 2.64 bits per heavy atom. The molecule has 1 heterocycles. The standard InChI is InChI=1S/C20H21FN3O3S/c1-14-10-19(17-8-3-4-9-18(17)21)24(13-14)28(26,27)16-7-5-6-15(11-16)23-12-20(25)22-2/h3-11,13,20,22-23,25H,1,12H2,2H3. The highest BCUT2D eigenvalue weighted by molar-refractivity contribution is 7.90. The molecule has 0 bridgehead atoms. The van der Waals surface area contributed by atoms with E-state index >= 15 is 0 Å². The molecule has 1 atom stereocenters. The third kappa shape index (κ3) is 4.09. The summed E-state index contributed by atoms with van der Waals surface area (Å²) in [7, 11) is -2.38. The second-order valence-electron chi connectivity index (χ2n) is 6.23. The molecule has 3 rings (SSSR count). The van der Waals surface area contributed by atoms with Gasteiger partial charge in [-0.1, -0.05) is 18.2 Å². The van der Waals surface area contributed by atoms with E-state index in [4.69, 9.17) is 0 Å². The van der Waals surface area contributed by atoms with Crippen molar-refractivity contribution in [2.45, 2.75) is 11.1 Å². The predicted octanol–water partition coefficient (Wildman–Crippen LogP) is 2.66. The van der Waals surface area contributed by atoms with Crippen LogP contribution in [0.3, 0.4) is 0 Å². The Bertz CT molecular complexity index is 1080. The maximum absolute atomic E-state index is 14.3. The molecule has 0 aliphatic rings. The summed E-state index contributed by atoms with van der Waals surface area (Å²) < 4.78 is 41.7. The first-order chi connectivity index (χ1) is 13.3. The molecule has 0 saturated heterocycles. The summed E-state index contributed by atoms with van der Waals surface area (Å²) in [5, 5.41) is 15.2. The Labute approximate surface area is 163 Å². The third-order valence-corrected chi connectivity index (χ3v) is 5.89. The van der Waals surface area contributed by atoms with E-state index in [0.29, 0.717) is 11.3 Å². The quantitative estimate of drug-likeness (QED) is 0.529. The van der Waals surface area contributed by atoms with Crippen molar-refractivity contribution < 1.29 is 17.9 Å². The van der Waals surface area contributed by atoms with Crippen LogP contribution in [0.15, 0.2) is 65.7 Å². The van der Waals surface area contributed by atoms with Gasteiger partial charge >= 0.3 is 0 Å². The molecule has 3 N–H and O–H groups in total. The lowest BCUT2D eigenvalue weighted by atomic mass is 10.1. The molecule has 0 aliphatic carbocycles. The zero-order chi connectivity index (χ0) is 20.3. The lowest BCUT2D eigenvalue weighted by Crippen LogP contribution is -2.32. The molecule has 1 unspecified atom stereocenters. The van der Waals surface area contributed by atoms with Gasteiger partial charge in [-0.05, 0) is 55.9 Å². The molecule has 0 spiro atoms. The van der Waals surface area contributed by atoms with Crippen LogP contribution in [0.2, 0.25) is 0 Å². The fourth-order valence-corrected chi connectivity index (χ4v) is 4.20. The van der Waals surface area contributed by atoms with Crippen LogP contribution in [-0.4, -0.2) is 37.3 Å². The van der Waals surface area contributed by atoms with E-state index in [0.717, 1.165) is 3.97 Å². The third-order valence-electron chi connectivity index (χ3n) is 4.22. The van der Waals surface area contributed by atoms with Gasteiger partial charge in [0.25, 0.3) is 10.0 Å². The van der Waals surface area contributed by atoms with Crippen LogP contribution in [0, 0.1) is 12.7 Å². The lowest BCUT2D eigenvalue weighted by Gasteiger charge is -2.14. The van der Waals surface area contributed by atoms with Gasteiger partial charge in [-0.25, -0.2) is 16.8 Å².